The molecule has 2 heterocycles. The largest absolute Gasteiger partial charge is 0.342 e. The summed E-state index contributed by atoms with van der Waals surface area (Å²) < 4.78 is 0. The van der Waals surface area contributed by atoms with Gasteiger partial charge >= 0.3 is 0 Å². The zero-order valence-electron chi connectivity index (χ0n) is 12.2. The fourth-order valence-corrected chi connectivity index (χ4v) is 3.83. The van der Waals surface area contributed by atoms with Gasteiger partial charge < -0.3 is 5.32 Å². The molecular weight excluding hydrogens is 326 g/mol. The summed E-state index contributed by atoms with van der Waals surface area (Å²) in [5.74, 6) is 0.917. The SMILES string of the molecule is CSCC(C)C(=O)NC1SC(c2ccc(Cl)nc2)=NC1C. The monoisotopic (exact) mass is 343 g/mol. The summed E-state index contributed by atoms with van der Waals surface area (Å²) in [6, 6.07) is 3.69. The van der Waals surface area contributed by atoms with E-state index < -0.39 is 0 Å². The number of aliphatic imine (C=N–C) groups is 1. The van der Waals surface area contributed by atoms with Crippen LogP contribution < -0.4 is 5.32 Å². The van der Waals surface area contributed by atoms with Crippen molar-refractivity contribution < 1.29 is 4.79 Å². The smallest absolute Gasteiger partial charge is 0.224 e. The Labute approximate surface area is 138 Å². The van der Waals surface area contributed by atoms with Gasteiger partial charge in [0.15, 0.2) is 0 Å². The molecule has 0 saturated carbocycles. The Bertz CT molecular complexity index is 536. The number of nitrogens with one attached hydrogen (secondary N) is 1. The van der Waals surface area contributed by atoms with E-state index in [2.05, 4.69) is 15.3 Å². The Hall–Kier alpha value is -0.720. The summed E-state index contributed by atoms with van der Waals surface area (Å²) in [5.41, 5.74) is 0.935. The number of carbonyl (C=O) groups is 1. The predicted octanol–water partition coefficient (Wildman–Crippen LogP) is 3.06. The van der Waals surface area contributed by atoms with Gasteiger partial charge in [0.2, 0.25) is 5.91 Å². The number of thioether (sulfide) groups is 2. The van der Waals surface area contributed by atoms with Crippen molar-refractivity contribution >= 4 is 46.1 Å². The van der Waals surface area contributed by atoms with Gasteiger partial charge in [0.25, 0.3) is 0 Å². The molecular formula is C14H18ClN3OS2. The van der Waals surface area contributed by atoms with Crippen molar-refractivity contribution in [2.45, 2.75) is 25.3 Å². The maximum atomic E-state index is 12.1. The molecule has 1 aliphatic heterocycles. The first kappa shape index (κ1) is 16.6. The second kappa shape index (κ2) is 7.51. The predicted molar refractivity (Wildman–Crippen MR) is 92.3 cm³/mol. The third kappa shape index (κ3) is 4.37. The van der Waals surface area contributed by atoms with Gasteiger partial charge in [-0.15, -0.1) is 0 Å². The number of halogens is 1. The van der Waals surface area contributed by atoms with Crippen LogP contribution in [0.3, 0.4) is 0 Å². The molecule has 1 aromatic rings. The molecule has 0 fully saturated rings. The Balaban J connectivity index is 1.98. The van der Waals surface area contributed by atoms with E-state index in [4.69, 9.17) is 11.6 Å². The average molecular weight is 344 g/mol. The van der Waals surface area contributed by atoms with Crippen LogP contribution in [0.5, 0.6) is 0 Å². The second-order valence-corrected chi connectivity index (χ2v) is 7.38. The highest BCUT2D eigenvalue weighted by atomic mass is 35.5. The zero-order chi connectivity index (χ0) is 15.4. The molecule has 21 heavy (non-hydrogen) atoms. The highest BCUT2D eigenvalue weighted by molar-refractivity contribution is 8.15. The van der Waals surface area contributed by atoms with Gasteiger partial charge in [0, 0.05) is 23.4 Å². The van der Waals surface area contributed by atoms with E-state index in [1.165, 1.54) is 0 Å². The van der Waals surface area contributed by atoms with Crippen molar-refractivity contribution in [1.82, 2.24) is 10.3 Å². The van der Waals surface area contributed by atoms with Crippen LogP contribution in [0.25, 0.3) is 0 Å². The standard InChI is InChI=1S/C14H18ClN3OS2/c1-8(7-20-3)12(19)18-13-9(2)17-14(21-13)10-4-5-11(15)16-6-10/h4-6,8-9,13H,7H2,1-3H3,(H,18,19). The Kier molecular flexibility index (Phi) is 5.96. The van der Waals surface area contributed by atoms with Gasteiger partial charge in [-0.05, 0) is 25.3 Å². The van der Waals surface area contributed by atoms with Crippen LogP contribution in [-0.2, 0) is 4.79 Å². The van der Waals surface area contributed by atoms with Crippen molar-refractivity contribution in [3.05, 3.63) is 29.0 Å². The van der Waals surface area contributed by atoms with Crippen molar-refractivity contribution in [3.63, 3.8) is 0 Å². The molecule has 0 bridgehead atoms. The van der Waals surface area contributed by atoms with Crippen LogP contribution in [-0.4, -0.2) is 39.4 Å². The quantitative estimate of drug-likeness (QED) is 0.835. The van der Waals surface area contributed by atoms with Crippen molar-refractivity contribution in [2.24, 2.45) is 10.9 Å². The van der Waals surface area contributed by atoms with E-state index >= 15 is 0 Å². The molecule has 3 atom stereocenters. The summed E-state index contributed by atoms with van der Waals surface area (Å²) >= 11 is 9.04. The Morgan fingerprint density at radius 3 is 2.95 bits per heavy atom. The maximum absolute atomic E-state index is 12.1. The number of carbonyl (C=O) groups excluding carboxylic acids is 1. The fourth-order valence-electron chi connectivity index (χ4n) is 1.90. The number of nitrogens with zero attached hydrogens (tertiary/aromatic N) is 2. The third-order valence-electron chi connectivity index (χ3n) is 3.12. The van der Waals surface area contributed by atoms with Crippen LogP contribution in [0.4, 0.5) is 0 Å². The van der Waals surface area contributed by atoms with Crippen LogP contribution in [0.15, 0.2) is 23.3 Å². The van der Waals surface area contributed by atoms with Gasteiger partial charge in [0.1, 0.15) is 15.6 Å². The van der Waals surface area contributed by atoms with E-state index in [1.54, 1.807) is 35.8 Å². The lowest BCUT2D eigenvalue weighted by Crippen LogP contribution is -2.40. The summed E-state index contributed by atoms with van der Waals surface area (Å²) in [6.45, 7) is 3.95. The Morgan fingerprint density at radius 1 is 1.57 bits per heavy atom. The number of pyridine rings is 1. The van der Waals surface area contributed by atoms with Crippen molar-refractivity contribution in [2.75, 3.05) is 12.0 Å². The molecule has 0 radical (unpaired) electrons. The van der Waals surface area contributed by atoms with Gasteiger partial charge in [0.05, 0.1) is 6.04 Å². The van der Waals surface area contributed by atoms with Gasteiger partial charge in [-0.3, -0.25) is 9.79 Å². The van der Waals surface area contributed by atoms with Crippen LogP contribution in [0, 0.1) is 5.92 Å². The van der Waals surface area contributed by atoms with E-state index in [1.807, 2.05) is 26.2 Å². The topological polar surface area (TPSA) is 54.4 Å². The Morgan fingerprint density at radius 2 is 2.33 bits per heavy atom. The third-order valence-corrected chi connectivity index (χ3v) is 5.51. The van der Waals surface area contributed by atoms with Crippen LogP contribution in [0.2, 0.25) is 5.15 Å². The van der Waals surface area contributed by atoms with Crippen molar-refractivity contribution in [1.29, 1.82) is 0 Å². The van der Waals surface area contributed by atoms with Crippen LogP contribution in [0.1, 0.15) is 19.4 Å². The highest BCUT2D eigenvalue weighted by Crippen LogP contribution is 2.29. The first-order valence-electron chi connectivity index (χ1n) is 6.67. The molecule has 0 aliphatic carbocycles. The minimum Gasteiger partial charge on any atom is -0.342 e. The molecule has 4 nitrogen and oxygen atoms in total. The number of hydrogen-bond donors (Lipinski definition) is 1. The lowest BCUT2D eigenvalue weighted by Gasteiger charge is -2.18. The molecule has 1 aliphatic rings. The fraction of sp³-hybridized carbons (Fsp3) is 0.500. The number of amides is 1. The lowest BCUT2D eigenvalue weighted by atomic mass is 10.2. The molecule has 1 amide bonds. The number of hydrogen-bond acceptors (Lipinski definition) is 5. The highest BCUT2D eigenvalue weighted by Gasteiger charge is 2.30. The van der Waals surface area contributed by atoms with E-state index in [9.17, 15) is 4.79 Å². The maximum Gasteiger partial charge on any atom is 0.224 e. The van der Waals surface area contributed by atoms with Gasteiger partial charge in [-0.1, -0.05) is 30.3 Å². The molecule has 1 N–H and O–H groups in total. The van der Waals surface area contributed by atoms with Crippen molar-refractivity contribution in [3.8, 4) is 0 Å². The summed E-state index contributed by atoms with van der Waals surface area (Å²) in [7, 11) is 0. The van der Waals surface area contributed by atoms with E-state index in [0.29, 0.717) is 5.15 Å². The summed E-state index contributed by atoms with van der Waals surface area (Å²) in [4.78, 5) is 20.8. The van der Waals surface area contributed by atoms with Gasteiger partial charge in [-0.2, -0.15) is 11.8 Å². The minimum atomic E-state index is -0.0208. The first-order chi connectivity index (χ1) is 10.0. The molecule has 2 rings (SSSR count). The zero-order valence-corrected chi connectivity index (χ0v) is 14.6. The average Bonchev–Trinajstić information content (AvgIpc) is 2.81. The van der Waals surface area contributed by atoms with E-state index in [-0.39, 0.29) is 23.2 Å². The summed E-state index contributed by atoms with van der Waals surface area (Å²) in [5, 5.41) is 4.41. The normalized spacial score (nSPS) is 22.8. The molecule has 1 aromatic heterocycles. The summed E-state index contributed by atoms with van der Waals surface area (Å²) in [6.07, 6.45) is 3.72. The second-order valence-electron chi connectivity index (χ2n) is 4.95. The molecule has 0 aromatic carbocycles. The van der Waals surface area contributed by atoms with Crippen LogP contribution >= 0.6 is 35.1 Å². The lowest BCUT2D eigenvalue weighted by molar-refractivity contribution is -0.124. The van der Waals surface area contributed by atoms with Gasteiger partial charge in [-0.25, -0.2) is 4.98 Å². The minimum absolute atomic E-state index is 0.00838. The number of rotatable bonds is 5. The molecule has 7 heteroatoms. The first-order valence-corrected chi connectivity index (χ1v) is 9.32. The molecule has 3 unspecified atom stereocenters. The molecule has 114 valence electrons. The number of aromatic nitrogens is 1. The van der Waals surface area contributed by atoms with E-state index in [0.717, 1.165) is 16.4 Å². The molecule has 0 spiro atoms. The molecule has 0 saturated heterocycles.